The Bertz CT molecular complexity index is 61.9. The molecule has 1 radical (unpaired) electrons. The van der Waals surface area contributed by atoms with Crippen LogP contribution in [0.15, 0.2) is 0 Å². The van der Waals surface area contributed by atoms with Gasteiger partial charge in [-0.05, 0) is 9.05 Å². The van der Waals surface area contributed by atoms with Gasteiger partial charge in [0.05, 0.1) is 0 Å². The van der Waals surface area contributed by atoms with E-state index in [0.717, 1.165) is 0 Å². The minimum atomic E-state index is -4.01. The summed E-state index contributed by atoms with van der Waals surface area (Å²) in [5, 5.41) is 1.25. The van der Waals surface area contributed by atoms with Gasteiger partial charge in [-0.2, -0.15) is 0 Å². The van der Waals surface area contributed by atoms with Crippen LogP contribution in [0.2, 0.25) is 0 Å². The van der Waals surface area contributed by atoms with Crippen LogP contribution in [0.5, 0.6) is 0 Å². The molecule has 0 amide bonds. The summed E-state index contributed by atoms with van der Waals surface area (Å²) in [5.41, 5.74) is 0. The van der Waals surface area contributed by atoms with E-state index in [-0.39, 0.29) is 41.7 Å². The van der Waals surface area contributed by atoms with Crippen LogP contribution in [-0.2, 0) is 5.15 Å². The number of halogens is 5. The first-order chi connectivity index (χ1) is 6.61. The summed E-state index contributed by atoms with van der Waals surface area (Å²) in [5.74, 6) is 0. The summed E-state index contributed by atoms with van der Waals surface area (Å²) in [6, 6.07) is 0. The third kappa shape index (κ3) is 477. The maximum atomic E-state index is 9.12. The molecule has 0 spiro atoms. The second-order valence-electron chi connectivity index (χ2n) is 0.625. The van der Waals surface area contributed by atoms with Crippen molar-refractivity contribution in [1.82, 2.24) is 0 Å². The van der Waals surface area contributed by atoms with Crippen molar-refractivity contribution < 1.29 is 150 Å². The smallest absolute Gasteiger partial charge is 0.427 e. The number of hydrogen-bond acceptors (Lipinski definition) is 10. The largest absolute Gasteiger partial charge is 3.00 e. The van der Waals surface area contributed by atoms with E-state index in [9.17, 15) is 0 Å². The predicted molar refractivity (Wildman–Crippen MR) is 3.30 cm³/mol. The first-order valence-electron chi connectivity index (χ1n) is 1.70. The second-order valence-corrected chi connectivity index (χ2v) is 3.86. The van der Waals surface area contributed by atoms with Crippen LogP contribution in [0.4, 0.5) is 9.05 Å². The molecule has 0 fully saturated rings. The molecule has 0 aromatic carbocycles. The molecule has 0 aliphatic rings. The van der Waals surface area contributed by atoms with Gasteiger partial charge in [-0.25, -0.2) is 0 Å². The predicted octanol–water partition coefficient (Wildman–Crippen LogP) is -18.9. The quantitative estimate of drug-likeness (QED) is 0.216. The molecular weight excluding hydrogens is 719 g/mol. The van der Waals surface area contributed by atoms with E-state index in [2.05, 4.69) is 0 Å². The Morgan fingerprint density at radius 3 is 0.562 bits per heavy atom. The monoisotopic (exact) mass is 719 g/mol. The average Bonchev–Trinajstić information content (AvgIpc) is 1.81. The molecule has 0 rings (SSSR count). The van der Waals surface area contributed by atoms with Crippen molar-refractivity contribution >= 4 is 0 Å². The van der Waals surface area contributed by atoms with Crippen molar-refractivity contribution in [2.45, 2.75) is 0 Å². The minimum absolute atomic E-state index is 0. The van der Waals surface area contributed by atoms with Gasteiger partial charge in [0.15, 0.2) is 0 Å². The van der Waals surface area contributed by atoms with Crippen LogP contribution < -0.4 is 94.1 Å². The van der Waals surface area contributed by atoms with E-state index in [1.54, 1.807) is 0 Å². The molecule has 0 atom stereocenters. The Morgan fingerprint density at radius 1 is 0.562 bits per heavy atom. The van der Waals surface area contributed by atoms with Crippen LogP contribution >= 0.6 is 0 Å². The van der Waals surface area contributed by atoms with E-state index >= 15 is 0 Å². The number of rotatable bonds is 0. The van der Waals surface area contributed by atoms with Crippen molar-refractivity contribution in [3.05, 3.63) is 0 Å². The molecule has 16 heavy (non-hydrogen) atoms. The van der Waals surface area contributed by atoms with Gasteiger partial charge in [0, 0.05) is 5.15 Å². The Balaban J connectivity index is -0.0000000331. The summed E-state index contributed by atoms with van der Waals surface area (Å²) >= 11 is -12.0. The molecule has 0 saturated carbocycles. The molecule has 16 heteroatoms. The van der Waals surface area contributed by atoms with Crippen LogP contribution in [-0.4, -0.2) is 0 Å². The van der Waals surface area contributed by atoms with Crippen LogP contribution in [0.25, 0.3) is 0 Å². The van der Waals surface area contributed by atoms with Gasteiger partial charge in [-0.15, -0.1) is 0 Å². The van der Waals surface area contributed by atoms with Gasteiger partial charge in [0.2, 0.25) is 0 Å². The van der Waals surface area contributed by atoms with E-state index in [4.69, 9.17) is 40.0 Å². The molecule has 0 aromatic heterocycles. The standard InChI is InChI=1S/Ce.F2O.3IO3/c;1-3-2;3*2-1(3)4/q+3;;3*-1. The Morgan fingerprint density at radius 2 is 0.562 bits per heavy atom. The van der Waals surface area contributed by atoms with Crippen molar-refractivity contribution in [3.63, 3.8) is 0 Å². The van der Waals surface area contributed by atoms with Gasteiger partial charge in [-0.3, -0.25) is 0 Å². The van der Waals surface area contributed by atoms with Crippen molar-refractivity contribution in [2.24, 2.45) is 0 Å². The van der Waals surface area contributed by atoms with E-state index in [1.165, 1.54) is 5.15 Å². The molecule has 0 saturated heterocycles. The Hall–Kier alpha value is 3.03. The van der Waals surface area contributed by atoms with Gasteiger partial charge in [-0.1, -0.05) is 0 Å². The molecule has 99 valence electrons. The van der Waals surface area contributed by atoms with Gasteiger partial charge >= 0.3 is 41.7 Å². The second kappa shape index (κ2) is 30.8. The van der Waals surface area contributed by atoms with Crippen LogP contribution in [0, 0.1) is 41.7 Å². The van der Waals surface area contributed by atoms with Gasteiger partial charge < -0.3 is 30.9 Å². The third-order valence-electron chi connectivity index (χ3n) is 0. The number of hydrogen-bond donors (Lipinski definition) is 0. The fraction of sp³-hybridized carbons (Fsp3) is 0. The maximum absolute atomic E-state index is 9.12. The average molecular weight is 719 g/mol. The van der Waals surface area contributed by atoms with Crippen molar-refractivity contribution in [1.29, 1.82) is 0 Å². The summed E-state index contributed by atoms with van der Waals surface area (Å²) in [6.07, 6.45) is 0. The zero-order valence-corrected chi connectivity index (χ0v) is 16.1. The first kappa shape index (κ1) is 31.4. The summed E-state index contributed by atoms with van der Waals surface area (Å²) < 4.78 is 95.4. The SMILES string of the molecule is FOF.[Ce+3].[O-][I+2]([O-])[O-].[O-][I+2]([O-])[O-].[O-][I+2]([O-])[O-]. The van der Waals surface area contributed by atoms with Crippen LogP contribution in [0.3, 0.4) is 0 Å². The molecule has 0 aromatic rings. The Labute approximate surface area is 147 Å². The van der Waals surface area contributed by atoms with Gasteiger partial charge in [0.25, 0.3) is 63.2 Å². The van der Waals surface area contributed by atoms with Gasteiger partial charge in [0.1, 0.15) is 0 Å². The molecule has 0 heterocycles. The van der Waals surface area contributed by atoms with Crippen LogP contribution in [0.1, 0.15) is 0 Å². The van der Waals surface area contributed by atoms with E-state index in [0.29, 0.717) is 0 Å². The fourth-order valence-corrected chi connectivity index (χ4v) is 0. The topological polar surface area (TPSA) is 217 Å². The maximum Gasteiger partial charge on any atom is 3.00 e. The third-order valence-corrected chi connectivity index (χ3v) is 0. The summed E-state index contributed by atoms with van der Waals surface area (Å²) in [4.78, 5) is 0. The molecule has 0 bridgehead atoms. The van der Waals surface area contributed by atoms with E-state index in [1.807, 2.05) is 0 Å². The summed E-state index contributed by atoms with van der Waals surface area (Å²) in [7, 11) is 0. The molecule has 0 aliphatic carbocycles. The molecule has 0 unspecified atom stereocenters. The van der Waals surface area contributed by atoms with Crippen molar-refractivity contribution in [3.8, 4) is 0 Å². The molecular formula is CeF2I3O10. The zero-order chi connectivity index (χ0) is 13.4. The minimum Gasteiger partial charge on any atom is -0.427 e. The van der Waals surface area contributed by atoms with E-state index < -0.39 is 63.2 Å². The fourth-order valence-electron chi connectivity index (χ4n) is 0. The Kier molecular flexibility index (Phi) is 60.5. The summed E-state index contributed by atoms with van der Waals surface area (Å²) in [6.45, 7) is 0. The molecule has 0 N–H and O–H groups in total. The zero-order valence-electron chi connectivity index (χ0n) is 6.47. The molecule has 0 aliphatic heterocycles. The molecule has 10 nitrogen and oxygen atoms in total. The first-order valence-corrected chi connectivity index (χ1v) is 9.62. The normalized spacial score (nSPS) is 7.88. The van der Waals surface area contributed by atoms with Crippen molar-refractivity contribution in [2.75, 3.05) is 0 Å².